The number of para-hydroxylation sites is 1. The molecule has 0 aliphatic rings. The monoisotopic (exact) mass is 331 g/mol. The first-order chi connectivity index (χ1) is 11.7. The largest absolute Gasteiger partial charge is 0.298 e. The highest BCUT2D eigenvalue weighted by Gasteiger charge is 2.24. The number of benzene rings is 1. The first-order valence-electron chi connectivity index (χ1n) is 8.88. The molecule has 128 valence electrons. The second-order valence-electron chi connectivity index (χ2n) is 8.93. The van der Waals surface area contributed by atoms with Gasteiger partial charge in [0.1, 0.15) is 11.2 Å². The van der Waals surface area contributed by atoms with Crippen LogP contribution in [0.1, 0.15) is 52.8 Å². The zero-order valence-electron chi connectivity index (χ0n) is 15.9. The molecular formula is C22H25N3. The van der Waals surface area contributed by atoms with E-state index in [0.29, 0.717) is 0 Å². The van der Waals surface area contributed by atoms with Gasteiger partial charge in [-0.3, -0.25) is 4.40 Å². The molecule has 0 fully saturated rings. The van der Waals surface area contributed by atoms with E-state index in [0.717, 1.165) is 33.3 Å². The van der Waals surface area contributed by atoms with Crippen molar-refractivity contribution in [1.82, 2.24) is 14.4 Å². The van der Waals surface area contributed by atoms with Crippen molar-refractivity contribution in [2.45, 2.75) is 52.4 Å². The van der Waals surface area contributed by atoms with E-state index in [1.165, 1.54) is 5.56 Å². The van der Waals surface area contributed by atoms with E-state index in [2.05, 4.69) is 82.5 Å². The first-order valence-corrected chi connectivity index (χ1v) is 8.88. The minimum absolute atomic E-state index is 0.0595. The van der Waals surface area contributed by atoms with Crippen LogP contribution in [-0.4, -0.2) is 14.4 Å². The zero-order valence-corrected chi connectivity index (χ0v) is 15.9. The van der Waals surface area contributed by atoms with Gasteiger partial charge in [0, 0.05) is 17.0 Å². The van der Waals surface area contributed by atoms with Crippen LogP contribution < -0.4 is 0 Å². The van der Waals surface area contributed by atoms with Crippen molar-refractivity contribution in [3.05, 3.63) is 53.9 Å². The Morgan fingerprint density at radius 3 is 2.20 bits per heavy atom. The summed E-state index contributed by atoms with van der Waals surface area (Å²) >= 11 is 0. The number of hydrogen-bond acceptors (Lipinski definition) is 2. The van der Waals surface area contributed by atoms with Crippen LogP contribution in [0.15, 0.2) is 42.6 Å². The van der Waals surface area contributed by atoms with Crippen LogP contribution >= 0.6 is 0 Å². The van der Waals surface area contributed by atoms with Gasteiger partial charge < -0.3 is 0 Å². The van der Waals surface area contributed by atoms with Gasteiger partial charge in [-0.25, -0.2) is 9.97 Å². The number of pyridine rings is 2. The van der Waals surface area contributed by atoms with Gasteiger partial charge in [0.05, 0.1) is 16.7 Å². The zero-order chi connectivity index (χ0) is 18.0. The molecule has 0 saturated carbocycles. The maximum atomic E-state index is 5.03. The van der Waals surface area contributed by atoms with Crippen LogP contribution in [0.2, 0.25) is 0 Å². The molecule has 0 saturated heterocycles. The summed E-state index contributed by atoms with van der Waals surface area (Å²) in [5, 5.41) is 1.12. The predicted molar refractivity (Wildman–Crippen MR) is 105 cm³/mol. The highest BCUT2D eigenvalue weighted by Crippen LogP contribution is 2.34. The lowest BCUT2D eigenvalue weighted by molar-refractivity contribution is 0.575. The third-order valence-electron chi connectivity index (χ3n) is 4.81. The van der Waals surface area contributed by atoms with E-state index in [9.17, 15) is 0 Å². The molecule has 0 unspecified atom stereocenters. The third-order valence-corrected chi connectivity index (χ3v) is 4.81. The molecule has 4 rings (SSSR count). The van der Waals surface area contributed by atoms with Gasteiger partial charge in [-0.1, -0.05) is 65.8 Å². The molecule has 3 nitrogen and oxygen atoms in total. The fraction of sp³-hybridized carbons (Fsp3) is 0.364. The van der Waals surface area contributed by atoms with Crippen molar-refractivity contribution >= 4 is 27.6 Å². The Bertz CT molecular complexity index is 1110. The number of imidazole rings is 1. The van der Waals surface area contributed by atoms with Crippen molar-refractivity contribution in [3.63, 3.8) is 0 Å². The fourth-order valence-corrected chi connectivity index (χ4v) is 3.37. The lowest BCUT2D eigenvalue weighted by Crippen LogP contribution is -2.16. The summed E-state index contributed by atoms with van der Waals surface area (Å²) in [4.78, 5) is 9.99. The molecule has 0 amide bonds. The number of fused-ring (bicyclic) bond motifs is 5. The van der Waals surface area contributed by atoms with E-state index in [1.807, 2.05) is 6.07 Å². The number of nitrogens with zero attached hydrogens (tertiary/aromatic N) is 3. The molecule has 25 heavy (non-hydrogen) atoms. The fourth-order valence-electron chi connectivity index (χ4n) is 3.37. The Kier molecular flexibility index (Phi) is 3.24. The van der Waals surface area contributed by atoms with Gasteiger partial charge >= 0.3 is 0 Å². The van der Waals surface area contributed by atoms with Gasteiger partial charge in [0.15, 0.2) is 0 Å². The van der Waals surface area contributed by atoms with E-state index in [-0.39, 0.29) is 10.8 Å². The minimum atomic E-state index is -0.0595. The molecule has 3 heterocycles. The van der Waals surface area contributed by atoms with Crippen molar-refractivity contribution in [1.29, 1.82) is 0 Å². The lowest BCUT2D eigenvalue weighted by Gasteiger charge is -2.21. The average molecular weight is 331 g/mol. The molecule has 0 radical (unpaired) electrons. The van der Waals surface area contributed by atoms with E-state index in [4.69, 9.17) is 9.97 Å². The van der Waals surface area contributed by atoms with Crippen LogP contribution in [0.5, 0.6) is 0 Å². The maximum Gasteiger partial charge on any atom is 0.138 e. The average Bonchev–Trinajstić information content (AvgIpc) is 2.91. The van der Waals surface area contributed by atoms with Gasteiger partial charge in [0.2, 0.25) is 0 Å². The molecule has 3 aromatic heterocycles. The molecule has 0 spiro atoms. The van der Waals surface area contributed by atoms with E-state index >= 15 is 0 Å². The van der Waals surface area contributed by atoms with Crippen LogP contribution in [0.4, 0.5) is 0 Å². The van der Waals surface area contributed by atoms with Crippen molar-refractivity contribution in [3.8, 4) is 0 Å². The molecule has 0 aliphatic heterocycles. The molecule has 4 aromatic rings. The smallest absolute Gasteiger partial charge is 0.138 e. The summed E-state index contributed by atoms with van der Waals surface area (Å²) in [5.41, 5.74) is 6.60. The van der Waals surface area contributed by atoms with E-state index < -0.39 is 0 Å². The SMILES string of the molecule is CC(C)(C)c1ccc2nc3c4ccccc4nc(C(C)(C)C)c3n2c1. The topological polar surface area (TPSA) is 30.2 Å². The predicted octanol–water partition coefficient (Wildman–Crippen LogP) is 5.63. The minimum Gasteiger partial charge on any atom is -0.298 e. The summed E-state index contributed by atoms with van der Waals surface area (Å²) in [7, 11) is 0. The molecule has 0 aliphatic carbocycles. The highest BCUT2D eigenvalue weighted by atomic mass is 15.0. The summed E-state index contributed by atoms with van der Waals surface area (Å²) < 4.78 is 2.23. The second kappa shape index (κ2) is 5.04. The van der Waals surface area contributed by atoms with Gasteiger partial charge in [0.25, 0.3) is 0 Å². The summed E-state index contributed by atoms with van der Waals surface area (Å²) in [6.07, 6.45) is 2.23. The lowest BCUT2D eigenvalue weighted by atomic mass is 9.88. The molecule has 0 N–H and O–H groups in total. The normalized spacial score (nSPS) is 13.2. The Labute approximate surface area is 148 Å². The Morgan fingerprint density at radius 1 is 0.800 bits per heavy atom. The highest BCUT2D eigenvalue weighted by molar-refractivity contribution is 6.04. The molecule has 0 atom stereocenters. The van der Waals surface area contributed by atoms with Crippen molar-refractivity contribution < 1.29 is 0 Å². The third kappa shape index (κ3) is 2.50. The Hall–Kier alpha value is -2.42. The number of rotatable bonds is 0. The van der Waals surface area contributed by atoms with Crippen LogP contribution in [0, 0.1) is 0 Å². The summed E-state index contributed by atoms with van der Waals surface area (Å²) in [5.74, 6) is 0. The van der Waals surface area contributed by atoms with Crippen molar-refractivity contribution in [2.24, 2.45) is 0 Å². The maximum absolute atomic E-state index is 5.03. The first kappa shape index (κ1) is 16.1. The summed E-state index contributed by atoms with van der Waals surface area (Å²) in [6.45, 7) is 13.4. The number of hydrogen-bond donors (Lipinski definition) is 0. The Balaban J connectivity index is 2.23. The second-order valence-corrected chi connectivity index (χ2v) is 8.93. The van der Waals surface area contributed by atoms with Gasteiger partial charge in [-0.2, -0.15) is 0 Å². The molecular weight excluding hydrogens is 306 g/mol. The van der Waals surface area contributed by atoms with Gasteiger partial charge in [-0.05, 0) is 23.1 Å². The van der Waals surface area contributed by atoms with Crippen LogP contribution in [-0.2, 0) is 10.8 Å². The van der Waals surface area contributed by atoms with Gasteiger partial charge in [-0.15, -0.1) is 0 Å². The summed E-state index contributed by atoms with van der Waals surface area (Å²) in [6, 6.07) is 12.6. The van der Waals surface area contributed by atoms with E-state index in [1.54, 1.807) is 0 Å². The molecule has 1 aromatic carbocycles. The molecule has 0 bridgehead atoms. The van der Waals surface area contributed by atoms with Crippen molar-refractivity contribution in [2.75, 3.05) is 0 Å². The number of aromatic nitrogens is 3. The van der Waals surface area contributed by atoms with Crippen LogP contribution in [0.3, 0.4) is 0 Å². The molecule has 3 heteroatoms. The standard InChI is InChI=1S/C22H25N3/c1-21(2,3)14-11-12-17-24-18-15-9-7-8-10-16(15)23-20(22(4,5)6)19(18)25(17)13-14/h7-13H,1-6H3. The Morgan fingerprint density at radius 2 is 1.52 bits per heavy atom. The van der Waals surface area contributed by atoms with Crippen LogP contribution in [0.25, 0.3) is 27.6 Å². The quantitative estimate of drug-likeness (QED) is 0.418.